The molecule has 0 saturated heterocycles. The van der Waals surface area contributed by atoms with Crippen molar-refractivity contribution in [3.05, 3.63) is 34.6 Å². The first kappa shape index (κ1) is 15.9. The Morgan fingerprint density at radius 3 is 1.45 bits per heavy atom. The average molecular weight is 307 g/mol. The minimum Gasteiger partial charge on any atom is -0.284 e. The van der Waals surface area contributed by atoms with E-state index in [4.69, 9.17) is 0 Å². The van der Waals surface area contributed by atoms with Gasteiger partial charge in [-0.05, 0) is 0 Å². The summed E-state index contributed by atoms with van der Waals surface area (Å²) in [6.07, 6.45) is -5.58. The van der Waals surface area contributed by atoms with Crippen LogP contribution in [0.5, 0.6) is 0 Å². The molecule has 0 atom stereocenters. The highest BCUT2D eigenvalue weighted by atomic mass is 19.4. The second-order valence-corrected chi connectivity index (χ2v) is 3.23. The third kappa shape index (κ3) is 2.70. The Kier molecular flexibility index (Phi) is 4.01. The molecule has 1 aromatic rings. The van der Waals surface area contributed by atoms with Crippen molar-refractivity contribution in [3.8, 4) is 0 Å². The number of imide groups is 1. The Morgan fingerprint density at radius 2 is 1.10 bits per heavy atom. The second-order valence-electron chi connectivity index (χ2n) is 3.23. The summed E-state index contributed by atoms with van der Waals surface area (Å²) in [5.41, 5.74) is -2.20. The van der Waals surface area contributed by atoms with Crippen LogP contribution in [-0.2, 0) is 4.79 Å². The molecule has 0 spiro atoms. The van der Waals surface area contributed by atoms with E-state index in [9.17, 15) is 44.7 Å². The van der Waals surface area contributed by atoms with E-state index in [0.717, 1.165) is 0 Å². The van der Waals surface area contributed by atoms with E-state index in [1.54, 1.807) is 0 Å². The molecule has 0 aliphatic carbocycles. The maximum atomic E-state index is 13.0. The predicted octanol–water partition coefficient (Wildman–Crippen LogP) is 2.20. The lowest BCUT2D eigenvalue weighted by Crippen LogP contribution is -2.41. The molecule has 0 radical (unpaired) electrons. The minimum atomic E-state index is -5.58. The van der Waals surface area contributed by atoms with E-state index in [2.05, 4.69) is 0 Å². The Balaban J connectivity index is 3.28. The molecule has 0 aliphatic rings. The van der Waals surface area contributed by atoms with Gasteiger partial charge in [-0.25, -0.2) is 22.0 Å². The second kappa shape index (κ2) is 5.06. The highest BCUT2D eigenvalue weighted by Gasteiger charge is 2.41. The molecule has 1 aromatic carbocycles. The van der Waals surface area contributed by atoms with E-state index in [-0.39, 0.29) is 0 Å². The topological polar surface area (TPSA) is 46.2 Å². The SMILES string of the molecule is O=C(NC(=O)C(F)(F)F)c1c(F)c(F)c(F)c(F)c1F. The van der Waals surface area contributed by atoms with Crippen molar-refractivity contribution in [1.82, 2.24) is 5.32 Å². The third-order valence-corrected chi connectivity index (χ3v) is 1.92. The molecule has 0 bridgehead atoms. The molecule has 0 aliphatic heterocycles. The van der Waals surface area contributed by atoms with Gasteiger partial charge in [-0.1, -0.05) is 0 Å². The zero-order chi connectivity index (χ0) is 15.8. The van der Waals surface area contributed by atoms with Crippen LogP contribution >= 0.6 is 0 Å². The molecule has 1 rings (SSSR count). The molecular formula is C9HF8NO2. The molecule has 11 heteroatoms. The van der Waals surface area contributed by atoms with Gasteiger partial charge in [-0.3, -0.25) is 14.9 Å². The molecule has 0 unspecified atom stereocenters. The number of alkyl halides is 3. The highest BCUT2D eigenvalue weighted by molar-refractivity contribution is 6.06. The van der Waals surface area contributed by atoms with Crippen molar-refractivity contribution in [2.75, 3.05) is 0 Å². The van der Waals surface area contributed by atoms with Gasteiger partial charge in [0.15, 0.2) is 23.3 Å². The van der Waals surface area contributed by atoms with Crippen LogP contribution in [0.4, 0.5) is 35.1 Å². The van der Waals surface area contributed by atoms with Crippen LogP contribution in [0.1, 0.15) is 10.4 Å². The third-order valence-electron chi connectivity index (χ3n) is 1.92. The standard InChI is InChI=1S/C9HF8NO2/c10-2-1(3(11)5(13)6(14)4(2)12)7(19)18-8(20)9(15,16)17/h(H,18,19,20). The van der Waals surface area contributed by atoms with Crippen molar-refractivity contribution in [1.29, 1.82) is 0 Å². The maximum Gasteiger partial charge on any atom is 0.471 e. The van der Waals surface area contributed by atoms with Crippen molar-refractivity contribution >= 4 is 11.8 Å². The van der Waals surface area contributed by atoms with Gasteiger partial charge in [0.1, 0.15) is 5.56 Å². The first-order valence-corrected chi connectivity index (χ1v) is 4.42. The van der Waals surface area contributed by atoms with Crippen LogP contribution in [-0.4, -0.2) is 18.0 Å². The molecule has 1 N–H and O–H groups in total. The Bertz CT molecular complexity index is 566. The first-order valence-electron chi connectivity index (χ1n) is 4.42. The van der Waals surface area contributed by atoms with Crippen LogP contribution in [0.3, 0.4) is 0 Å². The number of rotatable bonds is 1. The molecule has 0 saturated carbocycles. The largest absolute Gasteiger partial charge is 0.471 e. The molecule has 3 nitrogen and oxygen atoms in total. The molecule has 20 heavy (non-hydrogen) atoms. The fourth-order valence-corrected chi connectivity index (χ4v) is 1.04. The molecule has 0 aromatic heterocycles. The van der Waals surface area contributed by atoms with Gasteiger partial charge in [0.05, 0.1) is 0 Å². The van der Waals surface area contributed by atoms with Crippen LogP contribution in [0.15, 0.2) is 0 Å². The quantitative estimate of drug-likeness (QED) is 0.491. The summed E-state index contributed by atoms with van der Waals surface area (Å²) in [4.78, 5) is 21.3. The molecule has 2 amide bonds. The average Bonchev–Trinajstić information content (AvgIpc) is 2.33. The Morgan fingerprint density at radius 1 is 0.750 bits per heavy atom. The van der Waals surface area contributed by atoms with E-state index < -0.39 is 52.6 Å². The summed E-state index contributed by atoms with van der Waals surface area (Å²) in [5.74, 6) is -18.3. The fraction of sp³-hybridized carbons (Fsp3) is 0.111. The maximum absolute atomic E-state index is 13.0. The summed E-state index contributed by atoms with van der Waals surface area (Å²) >= 11 is 0. The van der Waals surface area contributed by atoms with Gasteiger partial charge in [0, 0.05) is 0 Å². The summed E-state index contributed by atoms with van der Waals surface area (Å²) in [7, 11) is 0. The van der Waals surface area contributed by atoms with E-state index in [0.29, 0.717) is 5.32 Å². The number of halogens is 8. The lowest BCUT2D eigenvalue weighted by molar-refractivity contribution is -0.172. The number of benzene rings is 1. The van der Waals surface area contributed by atoms with E-state index in [1.807, 2.05) is 0 Å². The minimum absolute atomic E-state index is 0.453. The van der Waals surface area contributed by atoms with Crippen LogP contribution in [0.25, 0.3) is 0 Å². The predicted molar refractivity (Wildman–Crippen MR) is 44.8 cm³/mol. The van der Waals surface area contributed by atoms with Gasteiger partial charge in [-0.15, -0.1) is 0 Å². The summed E-state index contributed by atoms with van der Waals surface area (Å²) < 4.78 is 99.4. The number of carbonyl (C=O) groups is 2. The van der Waals surface area contributed by atoms with E-state index in [1.165, 1.54) is 0 Å². The van der Waals surface area contributed by atoms with Gasteiger partial charge < -0.3 is 0 Å². The van der Waals surface area contributed by atoms with Crippen LogP contribution < -0.4 is 5.32 Å². The number of hydrogen-bond donors (Lipinski definition) is 1. The fourth-order valence-electron chi connectivity index (χ4n) is 1.04. The van der Waals surface area contributed by atoms with Gasteiger partial charge in [-0.2, -0.15) is 13.2 Å². The van der Waals surface area contributed by atoms with Gasteiger partial charge in [0.25, 0.3) is 5.91 Å². The van der Waals surface area contributed by atoms with Crippen molar-refractivity contribution in [3.63, 3.8) is 0 Å². The van der Waals surface area contributed by atoms with Gasteiger partial charge in [0.2, 0.25) is 5.82 Å². The zero-order valence-electron chi connectivity index (χ0n) is 8.84. The van der Waals surface area contributed by atoms with Gasteiger partial charge >= 0.3 is 12.1 Å². The summed E-state index contributed by atoms with van der Waals surface area (Å²) in [6.45, 7) is 0. The molecule has 0 heterocycles. The molecular weight excluding hydrogens is 306 g/mol. The lowest BCUT2D eigenvalue weighted by atomic mass is 10.1. The Hall–Kier alpha value is -2.20. The Labute approximate surface area is 104 Å². The number of amides is 2. The van der Waals surface area contributed by atoms with Crippen LogP contribution in [0.2, 0.25) is 0 Å². The normalized spacial score (nSPS) is 11.4. The smallest absolute Gasteiger partial charge is 0.284 e. The molecule has 110 valence electrons. The van der Waals surface area contributed by atoms with Crippen molar-refractivity contribution < 1.29 is 44.7 Å². The highest BCUT2D eigenvalue weighted by Crippen LogP contribution is 2.23. The monoisotopic (exact) mass is 307 g/mol. The van der Waals surface area contributed by atoms with Crippen molar-refractivity contribution in [2.24, 2.45) is 0 Å². The number of carbonyl (C=O) groups excluding carboxylic acids is 2. The summed E-state index contributed by atoms with van der Waals surface area (Å²) in [5, 5.41) is 0.453. The number of hydrogen-bond acceptors (Lipinski definition) is 2. The zero-order valence-corrected chi connectivity index (χ0v) is 8.84. The lowest BCUT2D eigenvalue weighted by Gasteiger charge is -2.09. The summed E-state index contributed by atoms with van der Waals surface area (Å²) in [6, 6.07) is 0. The molecule has 0 fully saturated rings. The van der Waals surface area contributed by atoms with Crippen LogP contribution in [0, 0.1) is 29.1 Å². The van der Waals surface area contributed by atoms with Crippen molar-refractivity contribution in [2.45, 2.75) is 6.18 Å². The first-order chi connectivity index (χ1) is 8.98. The number of nitrogens with one attached hydrogen (secondary N) is 1. The van der Waals surface area contributed by atoms with E-state index >= 15 is 0 Å².